The van der Waals surface area contributed by atoms with Gasteiger partial charge >= 0.3 is 0 Å². The molecule has 0 saturated carbocycles. The number of hydrogen-bond donors (Lipinski definition) is 3. The van der Waals surface area contributed by atoms with Crippen molar-refractivity contribution in [3.05, 3.63) is 29.8 Å². The molecule has 1 aliphatic heterocycles. The van der Waals surface area contributed by atoms with Gasteiger partial charge in [0.05, 0.1) is 19.0 Å². The summed E-state index contributed by atoms with van der Waals surface area (Å²) in [5.74, 6) is -3.04. The molecular formula is C16H16O10-2. The number of ether oxygens (including phenoxy) is 3. The molecule has 10 nitrogen and oxygen atoms in total. The van der Waals surface area contributed by atoms with Crippen molar-refractivity contribution in [3.63, 3.8) is 0 Å². The highest BCUT2D eigenvalue weighted by Gasteiger charge is 2.45. The third kappa shape index (κ3) is 4.29. The van der Waals surface area contributed by atoms with Crippen LogP contribution in [0.3, 0.4) is 0 Å². The molecule has 10 heteroatoms. The highest BCUT2D eigenvalue weighted by Crippen LogP contribution is 2.32. The second kappa shape index (κ2) is 8.15. The standard InChI is InChI=1S/C16H18O10/c1-24-9-6-7(3-5-10(17)18)2-4-8(9)25-16-13(21)11(19)12(20)14(26-16)15(22)23/h2-6,11-14,16,19-21H,1H3,(H,17,18)(H,22,23)/p-2/b5-3+/t11-,12-,13+,14-,16+/m0/s1. The molecule has 2 rings (SSSR count). The van der Waals surface area contributed by atoms with E-state index in [0.717, 1.165) is 6.08 Å². The lowest BCUT2D eigenvalue weighted by Crippen LogP contribution is -2.63. The van der Waals surface area contributed by atoms with Gasteiger partial charge in [0.25, 0.3) is 0 Å². The van der Waals surface area contributed by atoms with E-state index in [1.54, 1.807) is 0 Å². The molecule has 3 N–H and O–H groups in total. The summed E-state index contributed by atoms with van der Waals surface area (Å²) in [7, 11) is 1.30. The number of carbonyl (C=O) groups excluding carboxylic acids is 2. The summed E-state index contributed by atoms with van der Waals surface area (Å²) in [6.45, 7) is 0. The van der Waals surface area contributed by atoms with Crippen LogP contribution in [0.4, 0.5) is 0 Å². The Morgan fingerprint density at radius 1 is 1.12 bits per heavy atom. The second-order valence-electron chi connectivity index (χ2n) is 5.40. The van der Waals surface area contributed by atoms with Gasteiger partial charge in [-0.05, 0) is 23.8 Å². The number of benzene rings is 1. The van der Waals surface area contributed by atoms with E-state index in [9.17, 15) is 35.1 Å². The van der Waals surface area contributed by atoms with Crippen LogP contribution < -0.4 is 19.7 Å². The van der Waals surface area contributed by atoms with Gasteiger partial charge in [-0.3, -0.25) is 0 Å². The summed E-state index contributed by atoms with van der Waals surface area (Å²) in [6, 6.07) is 4.22. The maximum absolute atomic E-state index is 11.0. The van der Waals surface area contributed by atoms with Crippen LogP contribution in [0.15, 0.2) is 24.3 Å². The average molecular weight is 368 g/mol. The van der Waals surface area contributed by atoms with Gasteiger partial charge in [0.2, 0.25) is 6.29 Å². The Bertz CT molecular complexity index is 700. The lowest BCUT2D eigenvalue weighted by Gasteiger charge is -2.40. The molecule has 1 aromatic carbocycles. The molecule has 0 radical (unpaired) electrons. The van der Waals surface area contributed by atoms with Gasteiger partial charge in [0.15, 0.2) is 11.5 Å². The maximum Gasteiger partial charge on any atom is 0.229 e. The molecule has 1 aliphatic rings. The van der Waals surface area contributed by atoms with Crippen LogP contribution in [0.2, 0.25) is 0 Å². The third-order valence-electron chi connectivity index (χ3n) is 3.64. The van der Waals surface area contributed by atoms with Crippen LogP contribution in [-0.2, 0) is 14.3 Å². The van der Waals surface area contributed by atoms with Crippen LogP contribution in [0, 0.1) is 0 Å². The van der Waals surface area contributed by atoms with E-state index < -0.39 is 42.6 Å². The van der Waals surface area contributed by atoms with E-state index in [-0.39, 0.29) is 11.5 Å². The molecule has 1 saturated heterocycles. The van der Waals surface area contributed by atoms with Crippen LogP contribution >= 0.6 is 0 Å². The summed E-state index contributed by atoms with van der Waals surface area (Å²) in [5, 5.41) is 50.7. The molecule has 5 atom stereocenters. The molecule has 0 amide bonds. The number of aliphatic hydroxyl groups is 3. The molecule has 0 bridgehead atoms. The first kappa shape index (κ1) is 19.7. The number of hydrogen-bond acceptors (Lipinski definition) is 10. The van der Waals surface area contributed by atoms with E-state index in [1.807, 2.05) is 0 Å². The highest BCUT2D eigenvalue weighted by molar-refractivity contribution is 5.83. The van der Waals surface area contributed by atoms with E-state index in [1.165, 1.54) is 31.4 Å². The molecule has 0 spiro atoms. The van der Waals surface area contributed by atoms with Gasteiger partial charge in [-0.25, -0.2) is 0 Å². The number of aliphatic carboxylic acids is 2. The van der Waals surface area contributed by atoms with Crippen LogP contribution in [0.5, 0.6) is 11.5 Å². The summed E-state index contributed by atoms with van der Waals surface area (Å²) in [4.78, 5) is 21.4. The number of rotatable bonds is 6. The molecule has 1 aromatic rings. The monoisotopic (exact) mass is 368 g/mol. The Morgan fingerprint density at radius 3 is 2.38 bits per heavy atom. The Balaban J connectivity index is 2.23. The van der Waals surface area contributed by atoms with Gasteiger partial charge in [-0.1, -0.05) is 12.1 Å². The summed E-state index contributed by atoms with van der Waals surface area (Å²) in [6.07, 6.45) is -6.96. The predicted octanol–water partition coefficient (Wildman–Crippen LogP) is -3.61. The molecule has 1 fully saturated rings. The van der Waals surface area contributed by atoms with Crippen molar-refractivity contribution in [1.82, 2.24) is 0 Å². The zero-order valence-electron chi connectivity index (χ0n) is 13.5. The fraction of sp³-hybridized carbons (Fsp3) is 0.375. The van der Waals surface area contributed by atoms with E-state index in [2.05, 4.69) is 0 Å². The minimum Gasteiger partial charge on any atom is -0.547 e. The van der Waals surface area contributed by atoms with E-state index in [0.29, 0.717) is 5.56 Å². The number of aliphatic hydroxyl groups excluding tert-OH is 3. The van der Waals surface area contributed by atoms with E-state index in [4.69, 9.17) is 14.2 Å². The fourth-order valence-electron chi connectivity index (χ4n) is 2.31. The second-order valence-corrected chi connectivity index (χ2v) is 5.40. The SMILES string of the molecule is COc1cc(/C=C/C(=O)[O-])ccc1O[C@@H]1O[C@H](C(=O)[O-])[C@@H](O)[C@H](O)[C@H]1O. The molecular weight excluding hydrogens is 352 g/mol. The first-order chi connectivity index (χ1) is 12.2. The van der Waals surface area contributed by atoms with Crippen LogP contribution in [0.1, 0.15) is 5.56 Å². The Kier molecular flexibility index (Phi) is 6.16. The lowest BCUT2D eigenvalue weighted by molar-refractivity contribution is -0.342. The number of carboxylic acids is 2. The third-order valence-corrected chi connectivity index (χ3v) is 3.64. The van der Waals surface area contributed by atoms with Gasteiger partial charge in [-0.2, -0.15) is 0 Å². The Morgan fingerprint density at radius 2 is 1.81 bits per heavy atom. The Labute approximate surface area is 147 Å². The zero-order valence-corrected chi connectivity index (χ0v) is 13.5. The Hall–Kier alpha value is -2.66. The topological polar surface area (TPSA) is 169 Å². The van der Waals surface area contributed by atoms with Crippen molar-refractivity contribution in [2.75, 3.05) is 7.11 Å². The van der Waals surface area contributed by atoms with Crippen molar-refractivity contribution < 1.29 is 49.3 Å². The number of methoxy groups -OCH3 is 1. The largest absolute Gasteiger partial charge is 0.547 e. The first-order valence-electron chi connectivity index (χ1n) is 7.39. The molecule has 0 aromatic heterocycles. The van der Waals surface area contributed by atoms with Crippen molar-refractivity contribution >= 4 is 18.0 Å². The number of carbonyl (C=O) groups is 2. The minimum absolute atomic E-state index is 0.0165. The lowest BCUT2D eigenvalue weighted by atomic mass is 9.99. The molecule has 0 aliphatic carbocycles. The smallest absolute Gasteiger partial charge is 0.229 e. The number of carboxylic acid groups (broad SMARTS) is 2. The van der Waals surface area contributed by atoms with Crippen molar-refractivity contribution in [2.45, 2.75) is 30.7 Å². The maximum atomic E-state index is 11.0. The quantitative estimate of drug-likeness (QED) is 0.426. The first-order valence-corrected chi connectivity index (χ1v) is 7.39. The summed E-state index contributed by atoms with van der Waals surface area (Å²) < 4.78 is 15.4. The fourth-order valence-corrected chi connectivity index (χ4v) is 2.31. The molecule has 142 valence electrons. The van der Waals surface area contributed by atoms with Crippen molar-refractivity contribution in [2.24, 2.45) is 0 Å². The zero-order chi connectivity index (χ0) is 19.4. The normalized spacial score (nSPS) is 28.7. The van der Waals surface area contributed by atoms with Gasteiger partial charge < -0.3 is 49.3 Å². The van der Waals surface area contributed by atoms with Gasteiger partial charge in [0, 0.05) is 0 Å². The van der Waals surface area contributed by atoms with E-state index >= 15 is 0 Å². The van der Waals surface area contributed by atoms with Gasteiger partial charge in [-0.15, -0.1) is 0 Å². The average Bonchev–Trinajstić information content (AvgIpc) is 2.60. The van der Waals surface area contributed by atoms with Crippen molar-refractivity contribution in [1.29, 1.82) is 0 Å². The van der Waals surface area contributed by atoms with Crippen molar-refractivity contribution in [3.8, 4) is 11.5 Å². The van der Waals surface area contributed by atoms with Crippen LogP contribution in [0.25, 0.3) is 6.08 Å². The molecule has 1 heterocycles. The summed E-state index contributed by atoms with van der Waals surface area (Å²) >= 11 is 0. The minimum atomic E-state index is -1.91. The highest BCUT2D eigenvalue weighted by atomic mass is 16.7. The molecule has 26 heavy (non-hydrogen) atoms. The molecule has 0 unspecified atom stereocenters. The van der Waals surface area contributed by atoms with Crippen LogP contribution in [-0.4, -0.2) is 65.1 Å². The summed E-state index contributed by atoms with van der Waals surface area (Å²) in [5.41, 5.74) is 0.437. The predicted molar refractivity (Wildman–Crippen MR) is 79.4 cm³/mol. The van der Waals surface area contributed by atoms with Gasteiger partial charge in [0.1, 0.15) is 24.4 Å².